The highest BCUT2D eigenvalue weighted by molar-refractivity contribution is 7.98. The monoisotopic (exact) mass is 503 g/mol. The number of fused-ring (bicyclic) bond motifs is 1. The van der Waals surface area contributed by atoms with E-state index >= 15 is 0 Å². The van der Waals surface area contributed by atoms with E-state index in [4.69, 9.17) is 4.98 Å². The van der Waals surface area contributed by atoms with Gasteiger partial charge in [0, 0.05) is 24.1 Å². The quantitative estimate of drug-likeness (QED) is 0.240. The molecule has 6 nitrogen and oxygen atoms in total. The van der Waals surface area contributed by atoms with Crippen molar-refractivity contribution in [3.8, 4) is 0 Å². The molecular formula is C28H30FN5OS. The fourth-order valence-electron chi connectivity index (χ4n) is 4.48. The summed E-state index contributed by atoms with van der Waals surface area (Å²) in [6.45, 7) is 4.70. The van der Waals surface area contributed by atoms with Crippen LogP contribution in [0.15, 0.2) is 72.0 Å². The van der Waals surface area contributed by atoms with E-state index < -0.39 is 0 Å². The summed E-state index contributed by atoms with van der Waals surface area (Å²) in [6, 6.07) is 18.1. The molecule has 0 spiro atoms. The number of halogens is 1. The van der Waals surface area contributed by atoms with Crippen LogP contribution < -0.4 is 5.32 Å². The van der Waals surface area contributed by atoms with Crippen LogP contribution in [0.5, 0.6) is 0 Å². The first-order valence-electron chi connectivity index (χ1n) is 12.4. The Bertz CT molecular complexity index is 1300. The minimum atomic E-state index is -0.237. The number of carbonyl (C=O) groups excluding carboxylic acids is 1. The molecule has 0 bridgehead atoms. The molecule has 2 aromatic heterocycles. The Kier molecular flexibility index (Phi) is 7.93. The lowest BCUT2D eigenvalue weighted by molar-refractivity contribution is 0.0952. The molecule has 0 radical (unpaired) electrons. The van der Waals surface area contributed by atoms with E-state index in [0.29, 0.717) is 24.4 Å². The van der Waals surface area contributed by atoms with Gasteiger partial charge < -0.3 is 10.2 Å². The molecule has 4 aromatic rings. The maximum atomic E-state index is 13.3. The van der Waals surface area contributed by atoms with Crippen molar-refractivity contribution in [1.29, 1.82) is 0 Å². The smallest absolute Gasteiger partial charge is 0.251 e. The van der Waals surface area contributed by atoms with Gasteiger partial charge in [0.25, 0.3) is 5.91 Å². The SMILES string of the molecule is O=C(NCCCN1CCCC1)c1ccc(Cn2c(SCc3ccc(F)cc3)nc3cccnc32)cc1. The first-order valence-corrected chi connectivity index (χ1v) is 13.4. The number of nitrogens with one attached hydrogen (secondary N) is 1. The third kappa shape index (κ3) is 6.12. The minimum Gasteiger partial charge on any atom is -0.352 e. The molecular weight excluding hydrogens is 473 g/mol. The zero-order valence-corrected chi connectivity index (χ0v) is 21.0. The summed E-state index contributed by atoms with van der Waals surface area (Å²) in [4.78, 5) is 24.4. The topological polar surface area (TPSA) is 63.1 Å². The van der Waals surface area contributed by atoms with Gasteiger partial charge in [-0.3, -0.25) is 9.36 Å². The van der Waals surface area contributed by atoms with E-state index in [1.165, 1.54) is 38.1 Å². The van der Waals surface area contributed by atoms with Crippen molar-refractivity contribution in [2.24, 2.45) is 0 Å². The number of nitrogens with zero attached hydrogens (tertiary/aromatic N) is 4. The molecule has 1 amide bonds. The summed E-state index contributed by atoms with van der Waals surface area (Å²) in [5.74, 6) is 0.410. The normalized spacial score (nSPS) is 13.9. The van der Waals surface area contributed by atoms with Gasteiger partial charge in [0.15, 0.2) is 10.8 Å². The number of thioether (sulfide) groups is 1. The largest absolute Gasteiger partial charge is 0.352 e. The molecule has 36 heavy (non-hydrogen) atoms. The van der Waals surface area contributed by atoms with Crippen molar-refractivity contribution in [2.45, 2.75) is 36.7 Å². The van der Waals surface area contributed by atoms with Gasteiger partial charge in [0.1, 0.15) is 11.3 Å². The average molecular weight is 504 g/mol. The average Bonchev–Trinajstić information content (AvgIpc) is 3.55. The Balaban J connectivity index is 1.22. The van der Waals surface area contributed by atoms with Gasteiger partial charge in [-0.15, -0.1) is 0 Å². The van der Waals surface area contributed by atoms with Crippen molar-refractivity contribution in [2.75, 3.05) is 26.2 Å². The molecule has 1 aliphatic heterocycles. The fraction of sp³-hybridized carbons (Fsp3) is 0.321. The van der Waals surface area contributed by atoms with Crippen LogP contribution in [0, 0.1) is 5.82 Å². The third-order valence-corrected chi connectivity index (χ3v) is 7.49. The van der Waals surface area contributed by atoms with Crippen molar-refractivity contribution in [3.63, 3.8) is 0 Å². The molecule has 3 heterocycles. The van der Waals surface area contributed by atoms with Gasteiger partial charge in [-0.1, -0.05) is 36.0 Å². The molecule has 1 aliphatic rings. The van der Waals surface area contributed by atoms with E-state index in [-0.39, 0.29) is 11.7 Å². The van der Waals surface area contributed by atoms with Crippen LogP contribution in [-0.2, 0) is 12.3 Å². The van der Waals surface area contributed by atoms with Gasteiger partial charge in [0.05, 0.1) is 6.54 Å². The summed E-state index contributed by atoms with van der Waals surface area (Å²) in [5, 5.41) is 3.89. The van der Waals surface area contributed by atoms with Crippen molar-refractivity contribution >= 4 is 28.8 Å². The highest BCUT2D eigenvalue weighted by Gasteiger charge is 2.14. The van der Waals surface area contributed by atoms with Crippen LogP contribution in [0.25, 0.3) is 11.2 Å². The van der Waals surface area contributed by atoms with E-state index in [0.717, 1.165) is 40.4 Å². The predicted molar refractivity (Wildman–Crippen MR) is 142 cm³/mol. The Morgan fingerprint density at radius 3 is 2.53 bits per heavy atom. The Labute approximate surface area is 214 Å². The number of aromatic nitrogens is 3. The molecule has 0 unspecified atom stereocenters. The first kappa shape index (κ1) is 24.5. The minimum absolute atomic E-state index is 0.0340. The van der Waals surface area contributed by atoms with Gasteiger partial charge >= 0.3 is 0 Å². The highest BCUT2D eigenvalue weighted by atomic mass is 32.2. The molecule has 1 fully saturated rings. The number of benzene rings is 2. The predicted octanol–water partition coefficient (Wildman–Crippen LogP) is 5.13. The highest BCUT2D eigenvalue weighted by Crippen LogP contribution is 2.27. The second kappa shape index (κ2) is 11.7. The van der Waals surface area contributed by atoms with Gasteiger partial charge in [-0.25, -0.2) is 14.4 Å². The standard InChI is InChI=1S/C28H30FN5OS/c29-24-12-8-22(9-13-24)20-36-28-32-25-5-3-14-30-26(25)34(28)19-21-6-10-23(11-7-21)27(35)31-15-4-18-33-16-1-2-17-33/h3,5-14H,1-2,4,15-20H2,(H,31,35). The van der Waals surface area contributed by atoms with E-state index in [1.807, 2.05) is 36.4 Å². The summed E-state index contributed by atoms with van der Waals surface area (Å²) in [5.41, 5.74) is 4.42. The van der Waals surface area contributed by atoms with Gasteiger partial charge in [0.2, 0.25) is 0 Å². The molecule has 0 atom stereocenters. The molecule has 1 N–H and O–H groups in total. The number of pyridine rings is 1. The number of likely N-dealkylation sites (tertiary alicyclic amines) is 1. The van der Waals surface area contributed by atoms with Crippen LogP contribution >= 0.6 is 11.8 Å². The van der Waals surface area contributed by atoms with E-state index in [1.54, 1.807) is 30.1 Å². The fourth-order valence-corrected chi connectivity index (χ4v) is 5.43. The molecule has 186 valence electrons. The lowest BCUT2D eigenvalue weighted by atomic mass is 10.1. The summed E-state index contributed by atoms with van der Waals surface area (Å²) in [6.07, 6.45) is 5.32. The maximum absolute atomic E-state index is 13.3. The summed E-state index contributed by atoms with van der Waals surface area (Å²) in [7, 11) is 0. The van der Waals surface area contributed by atoms with E-state index in [2.05, 4.69) is 19.8 Å². The number of rotatable bonds is 10. The van der Waals surface area contributed by atoms with Crippen LogP contribution in [0.3, 0.4) is 0 Å². The molecule has 0 aliphatic carbocycles. The molecule has 8 heteroatoms. The second-order valence-electron chi connectivity index (χ2n) is 9.10. The number of hydrogen-bond donors (Lipinski definition) is 1. The number of imidazole rings is 1. The Morgan fingerprint density at radius 1 is 1.00 bits per heavy atom. The number of amides is 1. The molecule has 5 rings (SSSR count). The number of hydrogen-bond acceptors (Lipinski definition) is 5. The maximum Gasteiger partial charge on any atom is 0.251 e. The zero-order chi connectivity index (χ0) is 24.7. The number of carbonyl (C=O) groups is 1. The van der Waals surface area contributed by atoms with E-state index in [9.17, 15) is 9.18 Å². The van der Waals surface area contributed by atoms with Crippen LogP contribution in [0.1, 0.15) is 40.7 Å². The van der Waals surface area contributed by atoms with Crippen LogP contribution in [-0.4, -0.2) is 51.5 Å². The molecule has 0 saturated carbocycles. The summed E-state index contributed by atoms with van der Waals surface area (Å²) >= 11 is 1.60. The van der Waals surface area contributed by atoms with Gasteiger partial charge in [-0.05, 0) is 86.4 Å². The lowest BCUT2D eigenvalue weighted by Crippen LogP contribution is -2.28. The second-order valence-corrected chi connectivity index (χ2v) is 10.0. The third-order valence-electron chi connectivity index (χ3n) is 6.44. The Morgan fingerprint density at radius 2 is 1.75 bits per heavy atom. The van der Waals surface area contributed by atoms with Crippen molar-refractivity contribution in [3.05, 3.63) is 89.4 Å². The zero-order valence-electron chi connectivity index (χ0n) is 20.2. The van der Waals surface area contributed by atoms with Crippen molar-refractivity contribution < 1.29 is 9.18 Å². The Hall–Kier alpha value is -3.23. The van der Waals surface area contributed by atoms with Crippen LogP contribution in [0.4, 0.5) is 4.39 Å². The van der Waals surface area contributed by atoms with Crippen molar-refractivity contribution in [1.82, 2.24) is 24.8 Å². The van der Waals surface area contributed by atoms with Gasteiger partial charge in [-0.2, -0.15) is 0 Å². The first-order chi connectivity index (χ1) is 17.7. The molecule has 1 saturated heterocycles. The van der Waals surface area contributed by atoms with Crippen LogP contribution in [0.2, 0.25) is 0 Å². The molecule has 2 aromatic carbocycles. The summed E-state index contributed by atoms with van der Waals surface area (Å²) < 4.78 is 15.3. The lowest BCUT2D eigenvalue weighted by Gasteiger charge is -2.14.